The lowest BCUT2D eigenvalue weighted by molar-refractivity contribution is 0.103. The number of rotatable bonds is 11. The lowest BCUT2D eigenvalue weighted by atomic mass is 9.84. The number of aromatic nitrogens is 8. The van der Waals surface area contributed by atoms with E-state index >= 15 is 0 Å². The van der Waals surface area contributed by atoms with Crippen LogP contribution in [0.15, 0.2) is 331 Å². The van der Waals surface area contributed by atoms with Crippen LogP contribution in [0.2, 0.25) is 0 Å². The van der Waals surface area contributed by atoms with Gasteiger partial charge in [0.05, 0.1) is 55.9 Å². The van der Waals surface area contributed by atoms with Gasteiger partial charge in [-0.1, -0.05) is 284 Å². The number of carbonyl (C=O) groups excluding carboxylic acids is 3. The summed E-state index contributed by atoms with van der Waals surface area (Å²) >= 11 is 0. The van der Waals surface area contributed by atoms with Crippen molar-refractivity contribution >= 4 is 111 Å². The summed E-state index contributed by atoms with van der Waals surface area (Å²) < 4.78 is 6.27. The van der Waals surface area contributed by atoms with Gasteiger partial charge in [0, 0.05) is 115 Å². The predicted molar refractivity (Wildman–Crippen MR) is 506 cm³/mol. The first kappa shape index (κ1) is 78.1. The SMILES string of the molecule is CCc1nnc2c3c(cccc13)C(=O)c1c(Nc3ccc(C)cc3C)cccc1-2.Cc1ccc(N=c2ccc3c(-c4ccccc4)[nH]nc4c5ccccc5c(=O)c2c34)c(C)c1.Cc1ccc(Oc2cccc3c2C(=O)c2cccc4c(-c5ccccc5)nnc-3c24)c(C)c1.O=C1c2c(Nc3ccccc3)cccc2-c2nnc(-c3ccccc3)c3cccc1c23. The Labute approximate surface area is 725 Å². The van der Waals surface area contributed by atoms with Gasteiger partial charge in [0.25, 0.3) is 0 Å². The average molecular weight is 1630 g/mol. The Morgan fingerprint density at radius 2 is 0.778 bits per heavy atom. The van der Waals surface area contributed by atoms with Crippen molar-refractivity contribution in [3.8, 4) is 79.0 Å². The number of H-pyrrole nitrogens is 1. The van der Waals surface area contributed by atoms with Crippen molar-refractivity contribution in [2.75, 3.05) is 10.6 Å². The molecule has 3 N–H and O–H groups in total. The van der Waals surface area contributed by atoms with Gasteiger partial charge in [0.1, 0.15) is 45.5 Å². The van der Waals surface area contributed by atoms with Crippen molar-refractivity contribution in [2.24, 2.45) is 4.99 Å². The van der Waals surface area contributed by atoms with Gasteiger partial charge in [-0.3, -0.25) is 24.3 Å². The number of para-hydroxylation sites is 1. The van der Waals surface area contributed by atoms with Gasteiger partial charge in [-0.25, -0.2) is 4.99 Å². The van der Waals surface area contributed by atoms with E-state index in [0.717, 1.165) is 184 Å². The summed E-state index contributed by atoms with van der Waals surface area (Å²) in [7, 11) is 0. The molecule has 4 aromatic heterocycles. The van der Waals surface area contributed by atoms with Crippen molar-refractivity contribution in [2.45, 2.75) is 54.9 Å². The van der Waals surface area contributed by atoms with Gasteiger partial charge in [-0.15, -0.1) is 25.5 Å². The predicted octanol–water partition coefficient (Wildman–Crippen LogP) is 25.1. The average Bonchev–Trinajstić information content (AvgIpc) is 0.723. The standard InChI is InChI=1S/C29H21N3O.C29H20N2O2.C27H17N3O.C25H21N3O/c1-17-12-14-23(18(2)16-17)30-24-15-13-22-25-26(24)29(33)21-11-7-6-10-20(21)28(25)32-31-27(22)19-8-4-3-5-9-19;1-17-14-15-23(18(2)16-17)33-24-13-7-11-21-26(24)29(32)22-12-6-10-20-25(22)28(21)31-30-27(20)19-8-4-3-5-9-19;31-27-21-15-7-13-19-23(21)26(30-29-25(19)17-9-3-1-4-10-17)20-14-8-16-22(24(20)27)28-18-11-5-2-6-12-18;1-4-19-16-7-5-9-18-22(16)24(28-27-19)17-8-6-10-21(23(17)25(18)29)26-20-12-11-14(2)13-15(20)3/h3-16,31H,1-2H3;3-16H,1-2H3;1-16,28H;5-13,26H,4H2,1-3H3. The highest BCUT2D eigenvalue weighted by Crippen LogP contribution is 2.48. The number of ether oxygens (including phenoxy) is 1. The fourth-order valence-electron chi connectivity index (χ4n) is 17.8. The van der Waals surface area contributed by atoms with E-state index in [4.69, 9.17) is 14.8 Å². The minimum Gasteiger partial charge on any atom is -0.456 e. The Bertz CT molecular complexity index is 8020. The van der Waals surface area contributed by atoms with E-state index in [1.54, 1.807) is 0 Å². The molecule has 0 bridgehead atoms. The first-order valence-electron chi connectivity index (χ1n) is 41.9. The molecule has 0 saturated heterocycles. The maximum atomic E-state index is 13.8. The zero-order valence-electron chi connectivity index (χ0n) is 69.9. The van der Waals surface area contributed by atoms with Gasteiger partial charge in [-0.05, 0) is 125 Å². The largest absolute Gasteiger partial charge is 0.456 e. The van der Waals surface area contributed by atoms with Gasteiger partial charge in [0.15, 0.2) is 22.8 Å². The second-order valence-corrected chi connectivity index (χ2v) is 32.0. The molecule has 0 aliphatic heterocycles. The molecule has 16 heteroatoms. The van der Waals surface area contributed by atoms with Crippen molar-refractivity contribution in [1.82, 2.24) is 40.8 Å². The van der Waals surface area contributed by atoms with Crippen molar-refractivity contribution in [3.05, 3.63) is 410 Å². The number of carbonyl (C=O) groups is 3. The molecular formula is C110H79N11O5. The number of nitrogens with one attached hydrogen (secondary N) is 3. The van der Waals surface area contributed by atoms with Crippen molar-refractivity contribution < 1.29 is 19.1 Å². The molecular weight excluding hydrogens is 1560 g/mol. The Balaban J connectivity index is 0.000000106. The number of benzene rings is 16. The number of aromatic amines is 1. The molecule has 3 aliphatic rings. The van der Waals surface area contributed by atoms with Crippen LogP contribution in [0.3, 0.4) is 0 Å². The van der Waals surface area contributed by atoms with Crippen LogP contribution < -0.4 is 26.2 Å². The molecule has 23 rings (SSSR count). The zero-order chi connectivity index (χ0) is 86.0. The number of nitrogens with zero attached hydrogens (tertiary/aromatic N) is 8. The van der Waals surface area contributed by atoms with Gasteiger partial charge >= 0.3 is 0 Å². The molecule has 0 fully saturated rings. The molecule has 0 atom stereocenters. The second-order valence-electron chi connectivity index (χ2n) is 32.0. The lowest BCUT2D eigenvalue weighted by Crippen LogP contribution is -2.15. The molecule has 0 spiro atoms. The first-order valence-corrected chi connectivity index (χ1v) is 41.9. The van der Waals surface area contributed by atoms with Crippen LogP contribution in [0.1, 0.15) is 93.8 Å². The molecule has 126 heavy (non-hydrogen) atoms. The van der Waals surface area contributed by atoms with Crippen molar-refractivity contribution in [3.63, 3.8) is 0 Å². The van der Waals surface area contributed by atoms with Gasteiger partial charge < -0.3 is 15.4 Å². The number of hydrogen-bond acceptors (Lipinski definition) is 15. The fourth-order valence-corrected chi connectivity index (χ4v) is 17.8. The maximum absolute atomic E-state index is 13.8. The second kappa shape index (κ2) is 32.5. The van der Waals surface area contributed by atoms with E-state index in [2.05, 4.69) is 104 Å². The highest BCUT2D eigenvalue weighted by Gasteiger charge is 2.35. The minimum atomic E-state index is -0.0597. The van der Waals surface area contributed by atoms with Crippen LogP contribution in [0.25, 0.3) is 132 Å². The van der Waals surface area contributed by atoms with Crippen LogP contribution in [0.4, 0.5) is 28.4 Å². The van der Waals surface area contributed by atoms with Crippen LogP contribution in [0, 0.1) is 41.5 Å². The molecule has 0 saturated carbocycles. The molecule has 0 unspecified atom stereocenters. The third kappa shape index (κ3) is 13.9. The Morgan fingerprint density at radius 3 is 1.35 bits per heavy atom. The van der Waals surface area contributed by atoms with Gasteiger partial charge in [0.2, 0.25) is 0 Å². The summed E-state index contributed by atoms with van der Waals surface area (Å²) in [6, 6.07) is 105. The quantitative estimate of drug-likeness (QED) is 0.0810. The smallest absolute Gasteiger partial charge is 0.198 e. The Morgan fingerprint density at radius 1 is 0.325 bits per heavy atom. The summed E-state index contributed by atoms with van der Waals surface area (Å²) in [5.74, 6) is 1.23. The Kier molecular flexibility index (Phi) is 20.1. The topological polar surface area (TPSA) is 220 Å². The molecule has 0 radical (unpaired) electrons. The van der Waals surface area contributed by atoms with Crippen LogP contribution in [-0.4, -0.2) is 58.1 Å². The third-order valence-electron chi connectivity index (χ3n) is 23.8. The van der Waals surface area contributed by atoms with E-state index in [1.165, 1.54) is 11.1 Å². The van der Waals surface area contributed by atoms with Crippen LogP contribution >= 0.6 is 0 Å². The first-order chi connectivity index (χ1) is 61.6. The highest BCUT2D eigenvalue weighted by molar-refractivity contribution is 6.30. The summed E-state index contributed by atoms with van der Waals surface area (Å²) in [5.41, 5.74) is 26.7. The van der Waals surface area contributed by atoms with Crippen molar-refractivity contribution in [1.29, 1.82) is 0 Å². The van der Waals surface area contributed by atoms with Crippen LogP contribution in [0.5, 0.6) is 11.5 Å². The summed E-state index contributed by atoms with van der Waals surface area (Å²) in [6.45, 7) is 14.4. The normalized spacial score (nSPS) is 12.1. The number of hydrogen-bond donors (Lipinski definition) is 3. The number of anilines is 4. The molecule has 16 nitrogen and oxygen atoms in total. The van der Waals surface area contributed by atoms with Gasteiger partial charge in [-0.2, -0.15) is 10.2 Å². The van der Waals surface area contributed by atoms with E-state index in [1.807, 2.05) is 312 Å². The highest BCUT2D eigenvalue weighted by atomic mass is 16.5. The van der Waals surface area contributed by atoms with E-state index in [0.29, 0.717) is 61.0 Å². The summed E-state index contributed by atoms with van der Waals surface area (Å²) in [6.07, 6.45) is 0.780. The van der Waals surface area contributed by atoms with E-state index in [9.17, 15) is 19.2 Å². The summed E-state index contributed by atoms with van der Waals surface area (Å²) in [5, 5.41) is 52.3. The molecule has 4 heterocycles. The maximum Gasteiger partial charge on any atom is 0.198 e. The zero-order valence-corrected chi connectivity index (χ0v) is 69.9. The molecule has 0 amide bonds. The van der Waals surface area contributed by atoms with E-state index in [-0.39, 0.29) is 22.8 Å². The summed E-state index contributed by atoms with van der Waals surface area (Å²) in [4.78, 5) is 59.7. The molecule has 20 aromatic rings. The monoisotopic (exact) mass is 1630 g/mol. The minimum absolute atomic E-state index is 0.000794. The van der Waals surface area contributed by atoms with E-state index < -0.39 is 0 Å². The fraction of sp³-hybridized carbons (Fsp3) is 0.0727. The Hall–Kier alpha value is -16.5. The number of aryl methyl sites for hydroxylation is 7. The molecule has 604 valence electrons. The number of ketones is 3. The molecule has 3 aliphatic carbocycles. The molecule has 16 aromatic carbocycles. The lowest BCUT2D eigenvalue weighted by Gasteiger charge is -2.22. The number of fused-ring (bicyclic) bond motifs is 8. The van der Waals surface area contributed by atoms with Crippen LogP contribution in [-0.2, 0) is 6.42 Å². The third-order valence-corrected chi connectivity index (χ3v) is 23.8.